The van der Waals surface area contributed by atoms with Crippen molar-refractivity contribution in [3.8, 4) is 0 Å². The molecule has 0 aromatic carbocycles. The van der Waals surface area contributed by atoms with Gasteiger partial charge in [-0.25, -0.2) is 9.97 Å². The van der Waals surface area contributed by atoms with Crippen molar-refractivity contribution in [1.82, 2.24) is 19.5 Å². The highest BCUT2D eigenvalue weighted by molar-refractivity contribution is 5.42. The van der Waals surface area contributed by atoms with E-state index in [-0.39, 0.29) is 6.10 Å². The largest absolute Gasteiger partial charge is 0.393 e. The SMILES string of the molecule is Cc1ncn(CCNc2nccc(N3CCC(O)CC3)n2)c1C. The van der Waals surface area contributed by atoms with Crippen LogP contribution in [0.25, 0.3) is 0 Å². The molecule has 2 aromatic rings. The van der Waals surface area contributed by atoms with Crippen molar-refractivity contribution < 1.29 is 5.11 Å². The van der Waals surface area contributed by atoms with Crippen LogP contribution in [0.4, 0.5) is 11.8 Å². The van der Waals surface area contributed by atoms with Crippen molar-refractivity contribution >= 4 is 11.8 Å². The van der Waals surface area contributed by atoms with E-state index in [1.165, 1.54) is 5.69 Å². The smallest absolute Gasteiger partial charge is 0.224 e. The van der Waals surface area contributed by atoms with E-state index in [2.05, 4.69) is 36.7 Å². The van der Waals surface area contributed by atoms with Crippen molar-refractivity contribution in [3.63, 3.8) is 0 Å². The lowest BCUT2D eigenvalue weighted by atomic mass is 10.1. The number of anilines is 2. The molecule has 3 rings (SSSR count). The van der Waals surface area contributed by atoms with Crippen molar-refractivity contribution in [1.29, 1.82) is 0 Å². The van der Waals surface area contributed by atoms with Crippen molar-refractivity contribution in [2.45, 2.75) is 39.3 Å². The van der Waals surface area contributed by atoms with Crippen LogP contribution in [0.2, 0.25) is 0 Å². The van der Waals surface area contributed by atoms with Gasteiger partial charge in [-0.2, -0.15) is 4.98 Å². The number of aliphatic hydroxyl groups excluding tert-OH is 1. The summed E-state index contributed by atoms with van der Waals surface area (Å²) in [7, 11) is 0. The van der Waals surface area contributed by atoms with Gasteiger partial charge < -0.3 is 19.9 Å². The summed E-state index contributed by atoms with van der Waals surface area (Å²) in [6, 6.07) is 1.92. The van der Waals surface area contributed by atoms with Crippen LogP contribution >= 0.6 is 0 Å². The molecule has 1 aliphatic rings. The Morgan fingerprint density at radius 2 is 2.04 bits per heavy atom. The maximum atomic E-state index is 9.60. The molecule has 0 atom stereocenters. The van der Waals surface area contributed by atoms with Crippen LogP contribution in [0.1, 0.15) is 24.2 Å². The summed E-state index contributed by atoms with van der Waals surface area (Å²) in [6.07, 6.45) is 5.07. The summed E-state index contributed by atoms with van der Waals surface area (Å²) in [5.41, 5.74) is 2.25. The fraction of sp³-hybridized carbons (Fsp3) is 0.562. The predicted molar refractivity (Wildman–Crippen MR) is 89.7 cm³/mol. The van der Waals surface area contributed by atoms with Gasteiger partial charge in [0.15, 0.2) is 0 Å². The topological polar surface area (TPSA) is 79.1 Å². The molecule has 23 heavy (non-hydrogen) atoms. The van der Waals surface area contributed by atoms with E-state index >= 15 is 0 Å². The average Bonchev–Trinajstić information content (AvgIpc) is 2.88. The third-order valence-electron chi connectivity index (χ3n) is 4.41. The quantitative estimate of drug-likeness (QED) is 0.867. The standard InChI is InChI=1S/C16H24N6O/c1-12-13(2)22(11-19-12)10-7-18-16-17-6-3-15(20-16)21-8-4-14(23)5-9-21/h3,6,11,14,23H,4-5,7-10H2,1-2H3,(H,17,18,20). The first-order valence-electron chi connectivity index (χ1n) is 8.12. The highest BCUT2D eigenvalue weighted by atomic mass is 16.3. The summed E-state index contributed by atoms with van der Waals surface area (Å²) >= 11 is 0. The zero-order chi connectivity index (χ0) is 16.2. The number of nitrogens with one attached hydrogen (secondary N) is 1. The summed E-state index contributed by atoms with van der Waals surface area (Å²) in [5.74, 6) is 1.56. The van der Waals surface area contributed by atoms with E-state index in [1.54, 1.807) is 6.20 Å². The molecule has 0 amide bonds. The number of rotatable bonds is 5. The number of piperidine rings is 1. The molecule has 0 spiro atoms. The molecule has 7 nitrogen and oxygen atoms in total. The van der Waals surface area contributed by atoms with E-state index in [9.17, 15) is 5.11 Å². The first-order chi connectivity index (χ1) is 11.1. The van der Waals surface area contributed by atoms with Gasteiger partial charge in [-0.05, 0) is 32.8 Å². The van der Waals surface area contributed by atoms with Gasteiger partial charge in [0, 0.05) is 38.1 Å². The Bertz CT molecular complexity index is 648. The van der Waals surface area contributed by atoms with Crippen LogP contribution in [0.3, 0.4) is 0 Å². The lowest BCUT2D eigenvalue weighted by Gasteiger charge is -2.30. The molecule has 0 aliphatic carbocycles. The van der Waals surface area contributed by atoms with Crippen molar-refractivity contribution in [3.05, 3.63) is 30.0 Å². The Kier molecular flexibility index (Phi) is 4.76. The molecule has 2 aromatic heterocycles. The molecular weight excluding hydrogens is 292 g/mol. The summed E-state index contributed by atoms with van der Waals surface area (Å²) in [4.78, 5) is 15.4. The second kappa shape index (κ2) is 6.95. The fourth-order valence-electron chi connectivity index (χ4n) is 2.76. The summed E-state index contributed by atoms with van der Waals surface area (Å²) in [6.45, 7) is 7.34. The molecule has 3 heterocycles. The third-order valence-corrected chi connectivity index (χ3v) is 4.41. The first-order valence-corrected chi connectivity index (χ1v) is 8.12. The minimum Gasteiger partial charge on any atom is -0.393 e. The van der Waals surface area contributed by atoms with Gasteiger partial charge in [0.25, 0.3) is 0 Å². The molecule has 1 aliphatic heterocycles. The van der Waals surface area contributed by atoms with Gasteiger partial charge in [-0.1, -0.05) is 0 Å². The zero-order valence-electron chi connectivity index (χ0n) is 13.7. The molecule has 1 saturated heterocycles. The Morgan fingerprint density at radius 3 is 2.74 bits per heavy atom. The molecule has 0 saturated carbocycles. The van der Waals surface area contributed by atoms with Crippen molar-refractivity contribution in [2.75, 3.05) is 29.9 Å². The molecule has 7 heteroatoms. The van der Waals surface area contributed by atoms with Gasteiger partial charge in [-0.3, -0.25) is 0 Å². The Morgan fingerprint density at radius 1 is 1.26 bits per heavy atom. The Labute approximate surface area is 136 Å². The van der Waals surface area contributed by atoms with Crippen molar-refractivity contribution in [2.24, 2.45) is 0 Å². The predicted octanol–water partition coefficient (Wildman–Crippen LogP) is 1.36. The van der Waals surface area contributed by atoms with Crippen LogP contribution < -0.4 is 10.2 Å². The lowest BCUT2D eigenvalue weighted by molar-refractivity contribution is 0.145. The monoisotopic (exact) mass is 316 g/mol. The minimum absolute atomic E-state index is 0.174. The number of aryl methyl sites for hydroxylation is 1. The normalized spacial score (nSPS) is 15.9. The molecule has 0 bridgehead atoms. The van der Waals surface area contributed by atoms with E-state index < -0.39 is 0 Å². The molecule has 2 N–H and O–H groups in total. The number of imidazole rings is 1. The number of hydrogen-bond donors (Lipinski definition) is 2. The van der Waals surface area contributed by atoms with Gasteiger partial charge in [0.05, 0.1) is 18.1 Å². The van der Waals surface area contributed by atoms with Crippen LogP contribution in [-0.4, -0.2) is 50.4 Å². The molecule has 0 radical (unpaired) electrons. The second-order valence-electron chi connectivity index (χ2n) is 5.99. The summed E-state index contributed by atoms with van der Waals surface area (Å²) in [5, 5.41) is 12.9. The fourth-order valence-corrected chi connectivity index (χ4v) is 2.76. The Hall–Kier alpha value is -2.15. The molecule has 1 fully saturated rings. The number of nitrogens with zero attached hydrogens (tertiary/aromatic N) is 5. The maximum absolute atomic E-state index is 9.60. The molecule has 124 valence electrons. The van der Waals surface area contributed by atoms with Crippen LogP contribution in [0, 0.1) is 13.8 Å². The van der Waals surface area contributed by atoms with E-state index in [4.69, 9.17) is 0 Å². The van der Waals surface area contributed by atoms with E-state index in [0.717, 1.165) is 50.5 Å². The highest BCUT2D eigenvalue weighted by Gasteiger charge is 2.18. The van der Waals surface area contributed by atoms with Crippen LogP contribution in [0.15, 0.2) is 18.6 Å². The van der Waals surface area contributed by atoms with Crippen LogP contribution in [0.5, 0.6) is 0 Å². The number of aromatic nitrogens is 4. The second-order valence-corrected chi connectivity index (χ2v) is 5.99. The highest BCUT2D eigenvalue weighted by Crippen LogP contribution is 2.18. The average molecular weight is 316 g/mol. The zero-order valence-corrected chi connectivity index (χ0v) is 13.7. The molecule has 0 unspecified atom stereocenters. The Balaban J connectivity index is 1.56. The minimum atomic E-state index is -0.174. The third kappa shape index (κ3) is 3.79. The van der Waals surface area contributed by atoms with Gasteiger partial charge in [0.2, 0.25) is 5.95 Å². The van der Waals surface area contributed by atoms with Gasteiger partial charge in [-0.15, -0.1) is 0 Å². The summed E-state index contributed by atoms with van der Waals surface area (Å²) < 4.78 is 2.12. The van der Waals surface area contributed by atoms with Gasteiger partial charge in [0.1, 0.15) is 5.82 Å². The lowest BCUT2D eigenvalue weighted by Crippen LogP contribution is -2.36. The van der Waals surface area contributed by atoms with Crippen LogP contribution in [-0.2, 0) is 6.54 Å². The first kappa shape index (κ1) is 15.7. The van der Waals surface area contributed by atoms with E-state index in [1.807, 2.05) is 19.3 Å². The maximum Gasteiger partial charge on any atom is 0.224 e. The van der Waals surface area contributed by atoms with E-state index in [0.29, 0.717) is 5.95 Å². The van der Waals surface area contributed by atoms with Gasteiger partial charge >= 0.3 is 0 Å². The number of aliphatic hydroxyl groups is 1. The molecular formula is C16H24N6O. The number of hydrogen-bond acceptors (Lipinski definition) is 6.